The Hall–Kier alpha value is -0.790. The van der Waals surface area contributed by atoms with E-state index in [1.807, 2.05) is 18.2 Å². The van der Waals surface area contributed by atoms with Crippen LogP contribution >= 0.6 is 12.4 Å². The van der Waals surface area contributed by atoms with E-state index in [-0.39, 0.29) is 12.4 Å². The molecule has 1 nitrogen and oxygen atoms in total. The van der Waals surface area contributed by atoms with Gasteiger partial charge < -0.3 is 5.73 Å². The van der Waals surface area contributed by atoms with Crippen molar-refractivity contribution in [2.45, 2.75) is 6.42 Å². The van der Waals surface area contributed by atoms with E-state index < -0.39 is 0 Å². The molecule has 1 aromatic carbocycles. The monoisotopic (exact) mass is 183 g/mol. The molecule has 0 fully saturated rings. The van der Waals surface area contributed by atoms with Gasteiger partial charge in [-0.05, 0) is 18.5 Å². The van der Waals surface area contributed by atoms with Gasteiger partial charge in [0.1, 0.15) is 0 Å². The number of benzene rings is 1. The van der Waals surface area contributed by atoms with Crippen molar-refractivity contribution < 1.29 is 0 Å². The maximum absolute atomic E-state index is 5.34. The summed E-state index contributed by atoms with van der Waals surface area (Å²) < 4.78 is 0. The van der Waals surface area contributed by atoms with Crippen LogP contribution in [0.1, 0.15) is 12.0 Å². The highest BCUT2D eigenvalue weighted by Gasteiger charge is 1.80. The molecule has 1 rings (SSSR count). The smallest absolute Gasteiger partial charge is 0.00425 e. The highest BCUT2D eigenvalue weighted by molar-refractivity contribution is 5.85. The minimum atomic E-state index is 0. The number of hydrogen-bond donors (Lipinski definition) is 1. The molecule has 0 unspecified atom stereocenters. The molecule has 0 saturated heterocycles. The van der Waals surface area contributed by atoms with Gasteiger partial charge in [0.25, 0.3) is 0 Å². The first-order valence-electron chi connectivity index (χ1n) is 3.85. The van der Waals surface area contributed by atoms with Gasteiger partial charge in [0.2, 0.25) is 0 Å². The average Bonchev–Trinajstić information content (AvgIpc) is 2.07. The second kappa shape index (κ2) is 6.89. The molecule has 0 heterocycles. The fourth-order valence-corrected chi connectivity index (χ4v) is 0.880. The van der Waals surface area contributed by atoms with Gasteiger partial charge >= 0.3 is 0 Å². The SMILES string of the molecule is Cl.NCCC=Cc1ccccc1. The van der Waals surface area contributed by atoms with Gasteiger partial charge in [0.05, 0.1) is 0 Å². The maximum Gasteiger partial charge on any atom is -0.00425 e. The van der Waals surface area contributed by atoms with E-state index in [0.717, 1.165) is 13.0 Å². The number of rotatable bonds is 3. The molecular weight excluding hydrogens is 170 g/mol. The zero-order valence-corrected chi connectivity index (χ0v) is 7.76. The standard InChI is InChI=1S/C10H13N.ClH/c11-9-5-4-8-10-6-2-1-3-7-10;/h1-4,6-8H,5,9,11H2;1H. The zero-order valence-electron chi connectivity index (χ0n) is 6.94. The maximum atomic E-state index is 5.34. The van der Waals surface area contributed by atoms with Crippen molar-refractivity contribution in [2.75, 3.05) is 6.54 Å². The third kappa shape index (κ3) is 4.16. The molecular formula is C10H14ClN. The molecule has 12 heavy (non-hydrogen) atoms. The van der Waals surface area contributed by atoms with E-state index in [4.69, 9.17) is 5.73 Å². The fourth-order valence-electron chi connectivity index (χ4n) is 0.880. The third-order valence-corrected chi connectivity index (χ3v) is 1.44. The molecule has 0 aliphatic heterocycles. The second-order valence-electron chi connectivity index (χ2n) is 2.39. The van der Waals surface area contributed by atoms with Crippen LogP contribution in [0.25, 0.3) is 6.08 Å². The van der Waals surface area contributed by atoms with E-state index in [1.165, 1.54) is 5.56 Å². The van der Waals surface area contributed by atoms with Gasteiger partial charge in [0, 0.05) is 0 Å². The normalized spacial score (nSPS) is 9.75. The first-order chi connectivity index (χ1) is 5.43. The van der Waals surface area contributed by atoms with Crippen molar-refractivity contribution in [3.63, 3.8) is 0 Å². The lowest BCUT2D eigenvalue weighted by Gasteiger charge is -1.89. The summed E-state index contributed by atoms with van der Waals surface area (Å²) in [7, 11) is 0. The molecule has 2 N–H and O–H groups in total. The van der Waals surface area contributed by atoms with E-state index in [1.54, 1.807) is 0 Å². The molecule has 0 aromatic heterocycles. The Morgan fingerprint density at radius 1 is 1.17 bits per heavy atom. The van der Waals surface area contributed by atoms with Crippen LogP contribution in [-0.2, 0) is 0 Å². The summed E-state index contributed by atoms with van der Waals surface area (Å²) in [5.41, 5.74) is 6.58. The summed E-state index contributed by atoms with van der Waals surface area (Å²) >= 11 is 0. The Bertz CT molecular complexity index is 219. The summed E-state index contributed by atoms with van der Waals surface area (Å²) in [5.74, 6) is 0. The lowest BCUT2D eigenvalue weighted by Crippen LogP contribution is -1.94. The van der Waals surface area contributed by atoms with Crippen LogP contribution in [0, 0.1) is 0 Å². The Labute approximate surface area is 79.7 Å². The van der Waals surface area contributed by atoms with Crippen LogP contribution < -0.4 is 5.73 Å². The van der Waals surface area contributed by atoms with Crippen LogP contribution in [0.2, 0.25) is 0 Å². The van der Waals surface area contributed by atoms with Crippen LogP contribution in [0.5, 0.6) is 0 Å². The van der Waals surface area contributed by atoms with Gasteiger partial charge in [0.15, 0.2) is 0 Å². The van der Waals surface area contributed by atoms with Gasteiger partial charge in [-0.25, -0.2) is 0 Å². The predicted molar refractivity (Wildman–Crippen MR) is 56.4 cm³/mol. The fraction of sp³-hybridized carbons (Fsp3) is 0.200. The molecule has 1 aromatic rings. The van der Waals surface area contributed by atoms with Gasteiger partial charge in [-0.15, -0.1) is 12.4 Å². The topological polar surface area (TPSA) is 26.0 Å². The molecule has 66 valence electrons. The highest BCUT2D eigenvalue weighted by Crippen LogP contribution is 2.00. The lowest BCUT2D eigenvalue weighted by atomic mass is 10.2. The zero-order chi connectivity index (χ0) is 7.94. The van der Waals surface area contributed by atoms with Gasteiger partial charge in [-0.3, -0.25) is 0 Å². The van der Waals surface area contributed by atoms with E-state index in [2.05, 4.69) is 24.3 Å². The number of hydrogen-bond acceptors (Lipinski definition) is 1. The van der Waals surface area contributed by atoms with Crippen molar-refractivity contribution in [1.82, 2.24) is 0 Å². The minimum Gasteiger partial charge on any atom is -0.330 e. The van der Waals surface area contributed by atoms with Crippen molar-refractivity contribution in [3.8, 4) is 0 Å². The molecule has 0 spiro atoms. The van der Waals surface area contributed by atoms with Crippen LogP contribution in [0.15, 0.2) is 36.4 Å². The summed E-state index contributed by atoms with van der Waals surface area (Å²) in [4.78, 5) is 0. The van der Waals surface area contributed by atoms with Crippen LogP contribution in [0.4, 0.5) is 0 Å². The number of nitrogens with two attached hydrogens (primary N) is 1. The molecule has 0 aliphatic carbocycles. The Morgan fingerprint density at radius 3 is 2.42 bits per heavy atom. The summed E-state index contributed by atoms with van der Waals surface area (Å²) in [6.07, 6.45) is 5.14. The van der Waals surface area contributed by atoms with Crippen LogP contribution in [0.3, 0.4) is 0 Å². The van der Waals surface area contributed by atoms with Crippen molar-refractivity contribution in [2.24, 2.45) is 5.73 Å². The molecule has 0 saturated carbocycles. The molecule has 0 amide bonds. The largest absolute Gasteiger partial charge is 0.330 e. The first-order valence-corrected chi connectivity index (χ1v) is 3.85. The summed E-state index contributed by atoms with van der Waals surface area (Å²) in [6, 6.07) is 10.2. The molecule has 2 heteroatoms. The first kappa shape index (κ1) is 11.2. The highest BCUT2D eigenvalue weighted by atomic mass is 35.5. The average molecular weight is 184 g/mol. The third-order valence-electron chi connectivity index (χ3n) is 1.44. The molecule has 0 atom stereocenters. The molecule has 0 bridgehead atoms. The van der Waals surface area contributed by atoms with Gasteiger partial charge in [-0.2, -0.15) is 0 Å². The van der Waals surface area contributed by atoms with E-state index in [0.29, 0.717) is 0 Å². The molecule has 0 radical (unpaired) electrons. The van der Waals surface area contributed by atoms with E-state index in [9.17, 15) is 0 Å². The Kier molecular flexibility index (Phi) is 6.44. The second-order valence-corrected chi connectivity index (χ2v) is 2.39. The molecule has 0 aliphatic rings. The Morgan fingerprint density at radius 2 is 1.83 bits per heavy atom. The Balaban J connectivity index is 0.00000121. The number of halogens is 1. The lowest BCUT2D eigenvalue weighted by molar-refractivity contribution is 1.01. The van der Waals surface area contributed by atoms with E-state index >= 15 is 0 Å². The summed E-state index contributed by atoms with van der Waals surface area (Å²) in [6.45, 7) is 0.726. The summed E-state index contributed by atoms with van der Waals surface area (Å²) in [5, 5.41) is 0. The minimum absolute atomic E-state index is 0. The predicted octanol–water partition coefficient (Wildman–Crippen LogP) is 2.47. The van der Waals surface area contributed by atoms with Crippen LogP contribution in [-0.4, -0.2) is 6.54 Å². The van der Waals surface area contributed by atoms with Crippen molar-refractivity contribution in [3.05, 3.63) is 42.0 Å². The van der Waals surface area contributed by atoms with Crippen molar-refractivity contribution in [1.29, 1.82) is 0 Å². The van der Waals surface area contributed by atoms with Crippen molar-refractivity contribution >= 4 is 18.5 Å². The van der Waals surface area contributed by atoms with Gasteiger partial charge in [-0.1, -0.05) is 42.5 Å². The quantitative estimate of drug-likeness (QED) is 0.766.